The SMILES string of the molecule is N#C[C@@H]1[C@@H]2C[C@@H]3C[C@@H](C2)[C@@H](OS(=O)(=O)c2ccc([N+](=O)[O-])cc2)[C@@H]1C3. The lowest BCUT2D eigenvalue weighted by molar-refractivity contribution is -0.384. The van der Waals surface area contributed by atoms with Gasteiger partial charge in [0.1, 0.15) is 0 Å². The molecule has 0 unspecified atom stereocenters. The van der Waals surface area contributed by atoms with Gasteiger partial charge in [-0.05, 0) is 55.6 Å². The highest BCUT2D eigenvalue weighted by atomic mass is 32.2. The first kappa shape index (κ1) is 16.5. The minimum atomic E-state index is -4.01. The molecule has 7 nitrogen and oxygen atoms in total. The molecular formula is C17H18N2O5S. The Morgan fingerprint density at radius 3 is 2.44 bits per heavy atom. The average molecular weight is 362 g/mol. The summed E-state index contributed by atoms with van der Waals surface area (Å²) >= 11 is 0. The molecule has 4 bridgehead atoms. The number of nitriles is 1. The summed E-state index contributed by atoms with van der Waals surface area (Å²) in [5.74, 6) is 0.966. The summed E-state index contributed by atoms with van der Waals surface area (Å²) in [5, 5.41) is 20.2. The van der Waals surface area contributed by atoms with Crippen molar-refractivity contribution in [1.82, 2.24) is 0 Å². The van der Waals surface area contributed by atoms with Gasteiger partial charge in [0.25, 0.3) is 15.8 Å². The predicted octanol–water partition coefficient (Wildman–Crippen LogP) is 2.87. The summed E-state index contributed by atoms with van der Waals surface area (Å²) in [6.07, 6.45) is 3.29. The molecular weight excluding hydrogens is 344 g/mol. The van der Waals surface area contributed by atoms with Crippen molar-refractivity contribution in [1.29, 1.82) is 5.26 Å². The molecule has 0 aliphatic heterocycles. The molecule has 0 amide bonds. The zero-order valence-electron chi connectivity index (χ0n) is 13.4. The average Bonchev–Trinajstić information content (AvgIpc) is 2.58. The monoisotopic (exact) mass is 362 g/mol. The van der Waals surface area contributed by atoms with Crippen LogP contribution in [0, 0.1) is 51.0 Å². The van der Waals surface area contributed by atoms with Crippen molar-refractivity contribution in [2.45, 2.75) is 36.7 Å². The highest BCUT2D eigenvalue weighted by Crippen LogP contribution is 2.57. The first-order valence-corrected chi connectivity index (χ1v) is 9.87. The highest BCUT2D eigenvalue weighted by molar-refractivity contribution is 7.86. The number of nitro benzene ring substituents is 1. The molecule has 0 N–H and O–H groups in total. The minimum Gasteiger partial charge on any atom is -0.262 e. The van der Waals surface area contributed by atoms with Gasteiger partial charge < -0.3 is 0 Å². The smallest absolute Gasteiger partial charge is 0.262 e. The maximum absolute atomic E-state index is 12.6. The second kappa shape index (κ2) is 5.78. The third kappa shape index (κ3) is 2.71. The van der Waals surface area contributed by atoms with Gasteiger partial charge in [-0.2, -0.15) is 13.7 Å². The van der Waals surface area contributed by atoms with Crippen LogP contribution in [0.15, 0.2) is 29.2 Å². The summed E-state index contributed by atoms with van der Waals surface area (Å²) in [4.78, 5) is 10.0. The van der Waals surface area contributed by atoms with E-state index in [1.165, 1.54) is 12.1 Å². The molecule has 8 heteroatoms. The number of nitro groups is 1. The predicted molar refractivity (Wildman–Crippen MR) is 86.7 cm³/mol. The Hall–Kier alpha value is -1.98. The molecule has 132 valence electrons. The molecule has 1 aromatic rings. The van der Waals surface area contributed by atoms with E-state index in [2.05, 4.69) is 6.07 Å². The van der Waals surface area contributed by atoms with Crippen molar-refractivity contribution in [2.75, 3.05) is 0 Å². The summed E-state index contributed by atoms with van der Waals surface area (Å²) in [6, 6.07) is 7.09. The van der Waals surface area contributed by atoms with Crippen LogP contribution in [0.4, 0.5) is 5.69 Å². The van der Waals surface area contributed by atoms with Gasteiger partial charge in [0.15, 0.2) is 0 Å². The van der Waals surface area contributed by atoms with E-state index in [4.69, 9.17) is 4.18 Å². The Labute approximate surface area is 145 Å². The topological polar surface area (TPSA) is 110 Å². The van der Waals surface area contributed by atoms with E-state index in [-0.39, 0.29) is 28.3 Å². The number of benzene rings is 1. The lowest BCUT2D eigenvalue weighted by Gasteiger charge is -2.55. The summed E-state index contributed by atoms with van der Waals surface area (Å²) in [5.41, 5.74) is -0.168. The number of hydrogen-bond acceptors (Lipinski definition) is 6. The summed E-state index contributed by atoms with van der Waals surface area (Å²) in [6.45, 7) is 0. The summed E-state index contributed by atoms with van der Waals surface area (Å²) < 4.78 is 30.8. The lowest BCUT2D eigenvalue weighted by Crippen LogP contribution is -2.54. The van der Waals surface area contributed by atoms with E-state index in [9.17, 15) is 23.8 Å². The Bertz CT molecular complexity index is 845. The molecule has 1 aromatic carbocycles. The number of nitrogens with zero attached hydrogens (tertiary/aromatic N) is 2. The zero-order chi connectivity index (χ0) is 17.8. The molecule has 0 saturated heterocycles. The van der Waals surface area contributed by atoms with Crippen LogP contribution in [0.3, 0.4) is 0 Å². The molecule has 0 heterocycles. The second-order valence-electron chi connectivity index (χ2n) is 7.41. The van der Waals surface area contributed by atoms with E-state index < -0.39 is 21.1 Å². The van der Waals surface area contributed by atoms with Crippen LogP contribution in [-0.4, -0.2) is 19.4 Å². The maximum atomic E-state index is 12.6. The molecule has 0 spiro atoms. The standard InChI is InChI=1S/C17H18N2O5S/c18-9-16-11-5-10-6-12(8-11)17(15(16)7-10)24-25(22,23)14-3-1-13(2-4-14)19(20)21/h1-4,10-12,15-17H,5-8H2/t10-,11-,12+,15-,16-,17-/m1/s1. The van der Waals surface area contributed by atoms with Crippen LogP contribution in [0.25, 0.3) is 0 Å². The number of hydrogen-bond donors (Lipinski definition) is 0. The quantitative estimate of drug-likeness (QED) is 0.463. The molecule has 4 saturated carbocycles. The van der Waals surface area contributed by atoms with Crippen molar-refractivity contribution >= 4 is 15.8 Å². The van der Waals surface area contributed by atoms with Gasteiger partial charge in [-0.1, -0.05) is 0 Å². The molecule has 25 heavy (non-hydrogen) atoms. The van der Waals surface area contributed by atoms with Crippen molar-refractivity contribution in [3.8, 4) is 6.07 Å². The third-order valence-electron chi connectivity index (χ3n) is 6.06. The van der Waals surface area contributed by atoms with Crippen LogP contribution in [0.5, 0.6) is 0 Å². The van der Waals surface area contributed by atoms with E-state index in [1.54, 1.807) is 0 Å². The second-order valence-corrected chi connectivity index (χ2v) is 8.99. The third-order valence-corrected chi connectivity index (χ3v) is 7.39. The van der Waals surface area contributed by atoms with E-state index in [1.807, 2.05) is 0 Å². The van der Waals surface area contributed by atoms with Gasteiger partial charge in [0, 0.05) is 18.1 Å². The van der Waals surface area contributed by atoms with Gasteiger partial charge in [-0.25, -0.2) is 0 Å². The summed E-state index contributed by atoms with van der Waals surface area (Å²) in [7, 11) is -4.01. The first-order valence-electron chi connectivity index (χ1n) is 8.46. The van der Waals surface area contributed by atoms with Crippen LogP contribution >= 0.6 is 0 Å². The molecule has 4 aliphatic rings. The van der Waals surface area contributed by atoms with E-state index >= 15 is 0 Å². The van der Waals surface area contributed by atoms with Gasteiger partial charge in [0.05, 0.1) is 27.9 Å². The fourth-order valence-electron chi connectivity index (χ4n) is 5.14. The van der Waals surface area contributed by atoms with Gasteiger partial charge in [0.2, 0.25) is 0 Å². The molecule has 4 aliphatic carbocycles. The fraction of sp³-hybridized carbons (Fsp3) is 0.588. The van der Waals surface area contributed by atoms with Crippen LogP contribution < -0.4 is 0 Å². The normalized spacial score (nSPS) is 36.1. The molecule has 6 atom stereocenters. The van der Waals surface area contributed by atoms with Crippen molar-refractivity contribution in [3.63, 3.8) is 0 Å². The van der Waals surface area contributed by atoms with Crippen molar-refractivity contribution in [2.24, 2.45) is 29.6 Å². The minimum absolute atomic E-state index is 0.0333. The fourth-order valence-corrected chi connectivity index (χ4v) is 6.32. The van der Waals surface area contributed by atoms with Gasteiger partial charge >= 0.3 is 0 Å². The zero-order valence-corrected chi connectivity index (χ0v) is 14.3. The van der Waals surface area contributed by atoms with Gasteiger partial charge in [-0.15, -0.1) is 0 Å². The van der Waals surface area contributed by atoms with Crippen molar-refractivity contribution < 1.29 is 17.5 Å². The van der Waals surface area contributed by atoms with E-state index in [0.717, 1.165) is 37.8 Å². The highest BCUT2D eigenvalue weighted by Gasteiger charge is 2.55. The number of rotatable bonds is 4. The van der Waals surface area contributed by atoms with Crippen LogP contribution in [0.2, 0.25) is 0 Å². The van der Waals surface area contributed by atoms with E-state index in [0.29, 0.717) is 11.8 Å². The van der Waals surface area contributed by atoms with Crippen LogP contribution in [0.1, 0.15) is 25.7 Å². The Morgan fingerprint density at radius 1 is 1.12 bits per heavy atom. The number of non-ortho nitro benzene ring substituents is 1. The Balaban J connectivity index is 1.58. The Kier molecular flexibility index (Phi) is 3.81. The lowest BCUT2D eigenvalue weighted by atomic mass is 9.51. The van der Waals surface area contributed by atoms with Crippen molar-refractivity contribution in [3.05, 3.63) is 34.4 Å². The molecule has 0 radical (unpaired) electrons. The molecule has 5 rings (SSSR count). The molecule has 0 aromatic heterocycles. The largest absolute Gasteiger partial charge is 0.297 e. The molecule has 4 fully saturated rings. The van der Waals surface area contributed by atoms with Gasteiger partial charge in [-0.3, -0.25) is 14.3 Å². The maximum Gasteiger partial charge on any atom is 0.297 e. The first-order chi connectivity index (χ1) is 11.9. The Morgan fingerprint density at radius 2 is 1.80 bits per heavy atom. The van der Waals surface area contributed by atoms with Crippen LogP contribution in [-0.2, 0) is 14.3 Å².